The third-order valence-electron chi connectivity index (χ3n) is 6.05. The van der Waals surface area contributed by atoms with Gasteiger partial charge in [-0.15, -0.1) is 0 Å². The van der Waals surface area contributed by atoms with E-state index in [4.69, 9.17) is 16.0 Å². The van der Waals surface area contributed by atoms with Crippen molar-refractivity contribution in [1.29, 1.82) is 0 Å². The lowest BCUT2D eigenvalue weighted by molar-refractivity contribution is 0.108. The lowest BCUT2D eigenvalue weighted by Gasteiger charge is -2.41. The van der Waals surface area contributed by atoms with Gasteiger partial charge >= 0.3 is 0 Å². The highest BCUT2D eigenvalue weighted by atomic mass is 35.5. The summed E-state index contributed by atoms with van der Waals surface area (Å²) in [5.74, 6) is 0. The largest absolute Gasteiger partial charge is 0.404 e. The third kappa shape index (κ3) is 5.40. The van der Waals surface area contributed by atoms with Gasteiger partial charge in [0.15, 0.2) is 8.32 Å². The van der Waals surface area contributed by atoms with E-state index in [9.17, 15) is 4.21 Å². The quantitative estimate of drug-likeness (QED) is 0.248. The van der Waals surface area contributed by atoms with Crippen LogP contribution in [0.1, 0.15) is 32.4 Å². The van der Waals surface area contributed by atoms with Crippen LogP contribution in [0.3, 0.4) is 0 Å². The van der Waals surface area contributed by atoms with E-state index in [1.807, 2.05) is 67.7 Å². The molecule has 6 heteroatoms. The van der Waals surface area contributed by atoms with Gasteiger partial charge in [0.25, 0.3) is 4.46 Å². The summed E-state index contributed by atoms with van der Waals surface area (Å²) in [5, 5.41) is -0.170. The van der Waals surface area contributed by atoms with Crippen molar-refractivity contribution in [2.75, 3.05) is 0 Å². The molecule has 3 aromatic rings. The highest BCUT2D eigenvalue weighted by Crippen LogP contribution is 2.47. The van der Waals surface area contributed by atoms with Gasteiger partial charge in [0.05, 0.1) is 0 Å². The van der Waals surface area contributed by atoms with E-state index in [-0.39, 0.29) is 5.04 Å². The maximum atomic E-state index is 16.2. The first-order valence-corrected chi connectivity index (χ1v) is 15.0. The molecule has 3 unspecified atom stereocenters. The molecule has 3 aromatic carbocycles. The standard InChI is InChI=1S/C26H30ClFO2SSi/c1-25(2,3)32(4,5)30-24(26(27,28)31(29)23-14-10-7-11-15-23)22-18-16-21(17-19-22)20-12-8-6-9-13-20/h6-19,24H,1-5H3. The second kappa shape index (κ2) is 9.60. The van der Waals surface area contributed by atoms with E-state index < -0.39 is 29.7 Å². The van der Waals surface area contributed by atoms with Gasteiger partial charge < -0.3 is 4.43 Å². The van der Waals surface area contributed by atoms with E-state index in [1.165, 1.54) is 0 Å². The van der Waals surface area contributed by atoms with Crippen LogP contribution in [0.5, 0.6) is 0 Å². The Bertz CT molecular complexity index is 1050. The number of rotatable bonds is 7. The van der Waals surface area contributed by atoms with Gasteiger partial charge in [-0.1, -0.05) is 105 Å². The zero-order chi connectivity index (χ0) is 23.6. The summed E-state index contributed by atoms with van der Waals surface area (Å²) in [7, 11) is -4.57. The lowest BCUT2D eigenvalue weighted by atomic mass is 10.0. The summed E-state index contributed by atoms with van der Waals surface area (Å²) in [6, 6.07) is 25.9. The minimum absolute atomic E-state index is 0.170. The molecule has 0 bridgehead atoms. The monoisotopic (exact) mass is 488 g/mol. The molecule has 0 aliphatic heterocycles. The maximum Gasteiger partial charge on any atom is 0.290 e. The topological polar surface area (TPSA) is 26.3 Å². The molecule has 3 atom stereocenters. The van der Waals surface area contributed by atoms with Crippen LogP contribution < -0.4 is 0 Å². The van der Waals surface area contributed by atoms with Crippen LogP contribution in [0.2, 0.25) is 18.1 Å². The van der Waals surface area contributed by atoms with Gasteiger partial charge in [0.2, 0.25) is 0 Å². The average Bonchev–Trinajstić information content (AvgIpc) is 2.77. The molecule has 0 heterocycles. The second-order valence-electron chi connectivity index (χ2n) is 9.39. The van der Waals surface area contributed by atoms with Gasteiger partial charge in [-0.05, 0) is 47.0 Å². The molecule has 0 saturated heterocycles. The molecule has 0 fully saturated rings. The normalized spacial score (nSPS) is 16.2. The first kappa shape index (κ1) is 24.8. The van der Waals surface area contributed by atoms with Crippen LogP contribution >= 0.6 is 11.6 Å². The molecular weight excluding hydrogens is 459 g/mol. The predicted molar refractivity (Wildman–Crippen MR) is 135 cm³/mol. The van der Waals surface area contributed by atoms with Crippen LogP contribution in [0, 0.1) is 0 Å². The Morgan fingerprint density at radius 2 is 1.31 bits per heavy atom. The molecule has 0 saturated carbocycles. The molecule has 2 nitrogen and oxygen atoms in total. The van der Waals surface area contributed by atoms with Crippen LogP contribution in [0.4, 0.5) is 4.39 Å². The molecule has 0 spiro atoms. The molecule has 0 amide bonds. The lowest BCUT2D eigenvalue weighted by Crippen LogP contribution is -2.46. The maximum absolute atomic E-state index is 16.2. The Hall–Kier alpha value is -1.79. The third-order valence-corrected chi connectivity index (χ3v) is 12.5. The Labute approximate surface area is 199 Å². The number of hydrogen-bond donors (Lipinski definition) is 0. The molecule has 0 aliphatic carbocycles. The zero-order valence-electron chi connectivity index (χ0n) is 19.1. The minimum Gasteiger partial charge on any atom is -0.404 e. The first-order valence-electron chi connectivity index (χ1n) is 10.6. The van der Waals surface area contributed by atoms with E-state index >= 15 is 4.39 Å². The van der Waals surface area contributed by atoms with Crippen LogP contribution in [-0.2, 0) is 15.2 Å². The highest BCUT2D eigenvalue weighted by molar-refractivity contribution is 7.87. The summed E-state index contributed by atoms with van der Waals surface area (Å²) in [6.45, 7) is 10.3. The fraction of sp³-hybridized carbons (Fsp3) is 0.308. The Kier molecular flexibility index (Phi) is 7.45. The van der Waals surface area contributed by atoms with Crippen molar-refractivity contribution in [3.05, 3.63) is 90.5 Å². The van der Waals surface area contributed by atoms with Crippen molar-refractivity contribution in [2.45, 2.75) is 54.4 Å². The fourth-order valence-electron chi connectivity index (χ4n) is 3.08. The highest BCUT2D eigenvalue weighted by Gasteiger charge is 2.50. The van der Waals surface area contributed by atoms with Gasteiger partial charge in [-0.2, -0.15) is 0 Å². The van der Waals surface area contributed by atoms with Gasteiger partial charge in [-0.3, -0.25) is 0 Å². The van der Waals surface area contributed by atoms with E-state index in [0.717, 1.165) is 11.1 Å². The van der Waals surface area contributed by atoms with E-state index in [0.29, 0.717) is 10.5 Å². The molecule has 0 N–H and O–H groups in total. The molecular formula is C26H30ClFO2SSi. The van der Waals surface area contributed by atoms with Crippen molar-refractivity contribution < 1.29 is 13.0 Å². The van der Waals surface area contributed by atoms with Gasteiger partial charge in [0.1, 0.15) is 16.9 Å². The summed E-state index contributed by atoms with van der Waals surface area (Å²) in [5.41, 5.74) is 2.63. The van der Waals surface area contributed by atoms with E-state index in [2.05, 4.69) is 20.8 Å². The van der Waals surface area contributed by atoms with Gasteiger partial charge in [-0.25, -0.2) is 8.60 Å². The zero-order valence-corrected chi connectivity index (χ0v) is 21.7. The molecule has 0 aliphatic rings. The summed E-state index contributed by atoms with van der Waals surface area (Å²) >= 11 is 6.47. The average molecular weight is 489 g/mol. The molecule has 0 aromatic heterocycles. The Morgan fingerprint density at radius 3 is 1.81 bits per heavy atom. The molecule has 32 heavy (non-hydrogen) atoms. The smallest absolute Gasteiger partial charge is 0.290 e. The fourth-order valence-corrected chi connectivity index (χ4v) is 6.02. The van der Waals surface area contributed by atoms with Crippen LogP contribution in [0.25, 0.3) is 11.1 Å². The Morgan fingerprint density at radius 1 is 0.844 bits per heavy atom. The SMILES string of the molecule is CC(C)(C)[Si](C)(C)OC(c1ccc(-c2ccccc2)cc1)C(F)(Cl)S(=O)c1ccccc1. The number of halogens is 2. The Balaban J connectivity index is 2.03. The second-order valence-corrected chi connectivity index (χ2v) is 16.5. The summed E-state index contributed by atoms with van der Waals surface area (Å²) in [6.07, 6.45) is -1.18. The van der Waals surface area contributed by atoms with Crippen molar-refractivity contribution >= 4 is 30.7 Å². The van der Waals surface area contributed by atoms with Crippen LogP contribution in [-0.4, -0.2) is 17.0 Å². The summed E-state index contributed by atoms with van der Waals surface area (Å²) < 4.78 is 33.3. The molecule has 0 radical (unpaired) electrons. The minimum atomic E-state index is -2.63. The van der Waals surface area contributed by atoms with Crippen molar-refractivity contribution in [3.8, 4) is 11.1 Å². The molecule has 170 valence electrons. The van der Waals surface area contributed by atoms with Crippen molar-refractivity contribution in [3.63, 3.8) is 0 Å². The predicted octanol–water partition coefficient (Wildman–Crippen LogP) is 8.09. The number of hydrogen-bond acceptors (Lipinski definition) is 2. The first-order chi connectivity index (χ1) is 14.9. The van der Waals surface area contributed by atoms with Crippen molar-refractivity contribution in [2.24, 2.45) is 0 Å². The van der Waals surface area contributed by atoms with Crippen LogP contribution in [0.15, 0.2) is 89.8 Å². The number of alkyl halides is 2. The molecule has 3 rings (SSSR count). The van der Waals surface area contributed by atoms with Crippen molar-refractivity contribution in [1.82, 2.24) is 0 Å². The van der Waals surface area contributed by atoms with E-state index in [1.54, 1.807) is 30.3 Å². The summed E-state index contributed by atoms with van der Waals surface area (Å²) in [4.78, 5) is 0.328. The van der Waals surface area contributed by atoms with Gasteiger partial charge in [0, 0.05) is 4.90 Å². The number of benzene rings is 3.